The first-order valence-electron chi connectivity index (χ1n) is 4.83. The Balaban J connectivity index is 1.95. The molecule has 1 aliphatic heterocycles. The summed E-state index contributed by atoms with van der Waals surface area (Å²) < 4.78 is 0. The number of nitrogens with zero attached hydrogens (tertiary/aromatic N) is 2. The molecule has 1 fully saturated rings. The zero-order chi connectivity index (χ0) is 9.80. The molecule has 1 N–H and O–H groups in total. The van der Waals surface area contributed by atoms with Gasteiger partial charge in [0.05, 0.1) is 0 Å². The van der Waals surface area contributed by atoms with E-state index in [1.165, 1.54) is 0 Å². The van der Waals surface area contributed by atoms with Crippen LogP contribution in [0, 0.1) is 0 Å². The normalized spacial score (nSPS) is 16.9. The van der Waals surface area contributed by atoms with Crippen LogP contribution in [-0.2, 0) is 0 Å². The van der Waals surface area contributed by atoms with Crippen LogP contribution >= 0.6 is 0 Å². The van der Waals surface area contributed by atoms with Crippen molar-refractivity contribution in [2.45, 2.75) is 12.8 Å². The van der Waals surface area contributed by atoms with Crippen LogP contribution in [0.3, 0.4) is 0 Å². The Morgan fingerprint density at radius 3 is 2.79 bits per heavy atom. The summed E-state index contributed by atoms with van der Waals surface area (Å²) in [7, 11) is 0. The monoisotopic (exact) mass is 191 g/mol. The van der Waals surface area contributed by atoms with Gasteiger partial charge in [0.2, 0.25) is 0 Å². The van der Waals surface area contributed by atoms with Gasteiger partial charge in [0, 0.05) is 19.3 Å². The first-order valence-corrected chi connectivity index (χ1v) is 4.83. The van der Waals surface area contributed by atoms with E-state index in [1.807, 2.05) is 11.1 Å². The minimum atomic E-state index is -0.118. The Labute approximate surface area is 82.9 Å². The fraction of sp³-hybridized carbons (Fsp3) is 0.400. The molecule has 0 spiro atoms. The van der Waals surface area contributed by atoms with Gasteiger partial charge in [-0.15, -0.1) is 0 Å². The highest BCUT2D eigenvalue weighted by molar-refractivity contribution is 5.91. The number of carbonyl (C=O) groups is 1. The lowest BCUT2D eigenvalue weighted by Crippen LogP contribution is -2.40. The van der Waals surface area contributed by atoms with E-state index >= 15 is 0 Å². The van der Waals surface area contributed by atoms with Crippen molar-refractivity contribution in [3.05, 3.63) is 30.1 Å². The summed E-state index contributed by atoms with van der Waals surface area (Å²) in [6, 6.07) is 5.32. The van der Waals surface area contributed by atoms with Crippen molar-refractivity contribution in [3.63, 3.8) is 0 Å². The molecule has 0 atom stereocenters. The lowest BCUT2D eigenvalue weighted by atomic mass is 10.3. The molecule has 0 saturated carbocycles. The number of hydrogen-bond donors (Lipinski definition) is 1. The van der Waals surface area contributed by atoms with Crippen LogP contribution in [0.1, 0.15) is 23.3 Å². The van der Waals surface area contributed by atoms with Crippen LogP contribution < -0.4 is 5.43 Å². The third-order valence-electron chi connectivity index (χ3n) is 2.26. The van der Waals surface area contributed by atoms with E-state index in [9.17, 15) is 4.79 Å². The number of aromatic nitrogens is 1. The van der Waals surface area contributed by atoms with Crippen LogP contribution in [0.15, 0.2) is 24.4 Å². The SMILES string of the molecule is O=C(NN1CCCC1)c1ccccn1. The smallest absolute Gasteiger partial charge is 0.283 e. The third-order valence-corrected chi connectivity index (χ3v) is 2.26. The molecule has 0 aromatic carbocycles. The van der Waals surface area contributed by atoms with Gasteiger partial charge in [0.1, 0.15) is 5.69 Å². The molecule has 1 aliphatic rings. The minimum absolute atomic E-state index is 0.118. The number of carbonyl (C=O) groups excluding carboxylic acids is 1. The van der Waals surface area contributed by atoms with Gasteiger partial charge in [-0.2, -0.15) is 0 Å². The van der Waals surface area contributed by atoms with Crippen LogP contribution in [0.2, 0.25) is 0 Å². The van der Waals surface area contributed by atoms with Gasteiger partial charge >= 0.3 is 0 Å². The van der Waals surface area contributed by atoms with Crippen LogP contribution in [0.5, 0.6) is 0 Å². The standard InChI is InChI=1S/C10H13N3O/c14-10(9-5-1-2-6-11-9)12-13-7-3-4-8-13/h1-2,5-6H,3-4,7-8H2,(H,12,14). The zero-order valence-electron chi connectivity index (χ0n) is 7.94. The summed E-state index contributed by atoms with van der Waals surface area (Å²) in [5.41, 5.74) is 3.30. The molecule has 1 aromatic heterocycles. The van der Waals surface area contributed by atoms with E-state index in [4.69, 9.17) is 0 Å². The summed E-state index contributed by atoms with van der Waals surface area (Å²) in [6.45, 7) is 1.89. The second-order valence-electron chi connectivity index (χ2n) is 3.35. The number of nitrogens with one attached hydrogen (secondary N) is 1. The second kappa shape index (κ2) is 4.19. The lowest BCUT2D eigenvalue weighted by molar-refractivity contribution is 0.0820. The molecular formula is C10H13N3O. The van der Waals surface area contributed by atoms with Crippen molar-refractivity contribution in [3.8, 4) is 0 Å². The molecule has 1 saturated heterocycles. The van der Waals surface area contributed by atoms with Gasteiger partial charge in [-0.05, 0) is 25.0 Å². The molecule has 0 radical (unpaired) electrons. The van der Waals surface area contributed by atoms with E-state index in [1.54, 1.807) is 18.3 Å². The van der Waals surface area contributed by atoms with Crippen LogP contribution in [0.25, 0.3) is 0 Å². The van der Waals surface area contributed by atoms with Gasteiger partial charge < -0.3 is 0 Å². The fourth-order valence-electron chi connectivity index (χ4n) is 1.53. The first-order chi connectivity index (χ1) is 6.86. The lowest BCUT2D eigenvalue weighted by Gasteiger charge is -2.15. The minimum Gasteiger partial charge on any atom is -0.283 e. The zero-order valence-corrected chi connectivity index (χ0v) is 7.94. The number of hydrazine groups is 1. The van der Waals surface area contributed by atoms with Crippen molar-refractivity contribution in [1.29, 1.82) is 0 Å². The number of pyridine rings is 1. The van der Waals surface area contributed by atoms with E-state index in [0.29, 0.717) is 5.69 Å². The van der Waals surface area contributed by atoms with Crippen molar-refractivity contribution in [2.75, 3.05) is 13.1 Å². The van der Waals surface area contributed by atoms with Gasteiger partial charge in [-0.25, -0.2) is 5.01 Å². The summed E-state index contributed by atoms with van der Waals surface area (Å²) in [6.07, 6.45) is 3.93. The summed E-state index contributed by atoms with van der Waals surface area (Å²) in [5, 5.41) is 1.94. The van der Waals surface area contributed by atoms with Crippen molar-refractivity contribution in [2.24, 2.45) is 0 Å². The van der Waals surface area contributed by atoms with E-state index in [0.717, 1.165) is 25.9 Å². The summed E-state index contributed by atoms with van der Waals surface area (Å²) in [5.74, 6) is -0.118. The average Bonchev–Trinajstić information content (AvgIpc) is 2.72. The topological polar surface area (TPSA) is 45.2 Å². The predicted octanol–water partition coefficient (Wildman–Crippen LogP) is 0.822. The van der Waals surface area contributed by atoms with E-state index < -0.39 is 0 Å². The molecule has 0 unspecified atom stereocenters. The Bertz CT molecular complexity index is 306. The predicted molar refractivity (Wildman–Crippen MR) is 52.5 cm³/mol. The Morgan fingerprint density at radius 1 is 1.36 bits per heavy atom. The Hall–Kier alpha value is -1.42. The summed E-state index contributed by atoms with van der Waals surface area (Å²) in [4.78, 5) is 15.6. The number of rotatable bonds is 2. The van der Waals surface area contributed by atoms with Crippen LogP contribution in [0.4, 0.5) is 0 Å². The molecule has 0 aliphatic carbocycles. The molecular weight excluding hydrogens is 178 g/mol. The van der Waals surface area contributed by atoms with Gasteiger partial charge in [-0.1, -0.05) is 6.07 Å². The average molecular weight is 191 g/mol. The maximum absolute atomic E-state index is 11.6. The second-order valence-corrected chi connectivity index (χ2v) is 3.35. The highest BCUT2D eigenvalue weighted by atomic mass is 16.2. The molecule has 14 heavy (non-hydrogen) atoms. The maximum Gasteiger partial charge on any atom is 0.284 e. The molecule has 2 rings (SSSR count). The number of amides is 1. The Kier molecular flexibility index (Phi) is 2.74. The molecule has 4 nitrogen and oxygen atoms in total. The van der Waals surface area contributed by atoms with Crippen molar-refractivity contribution < 1.29 is 4.79 Å². The van der Waals surface area contributed by atoms with Crippen molar-refractivity contribution >= 4 is 5.91 Å². The molecule has 74 valence electrons. The summed E-state index contributed by atoms with van der Waals surface area (Å²) >= 11 is 0. The van der Waals surface area contributed by atoms with Gasteiger partial charge in [0.25, 0.3) is 5.91 Å². The van der Waals surface area contributed by atoms with E-state index in [-0.39, 0.29) is 5.91 Å². The van der Waals surface area contributed by atoms with Gasteiger partial charge in [0.15, 0.2) is 0 Å². The molecule has 1 aromatic rings. The fourth-order valence-corrected chi connectivity index (χ4v) is 1.53. The highest BCUT2D eigenvalue weighted by Gasteiger charge is 2.15. The molecule has 0 bridgehead atoms. The van der Waals surface area contributed by atoms with E-state index in [2.05, 4.69) is 10.4 Å². The third kappa shape index (κ3) is 2.09. The largest absolute Gasteiger partial charge is 0.284 e. The Morgan fingerprint density at radius 2 is 2.14 bits per heavy atom. The molecule has 4 heteroatoms. The number of hydrogen-bond acceptors (Lipinski definition) is 3. The van der Waals surface area contributed by atoms with Gasteiger partial charge in [-0.3, -0.25) is 15.2 Å². The molecule has 1 amide bonds. The quantitative estimate of drug-likeness (QED) is 0.752. The highest BCUT2D eigenvalue weighted by Crippen LogP contribution is 2.04. The molecule has 2 heterocycles. The maximum atomic E-state index is 11.6. The van der Waals surface area contributed by atoms with Crippen molar-refractivity contribution in [1.82, 2.24) is 15.4 Å². The first kappa shape index (κ1) is 9.15. The van der Waals surface area contributed by atoms with Crippen LogP contribution in [-0.4, -0.2) is 29.0 Å².